The zero-order valence-corrected chi connectivity index (χ0v) is 10.7. The van der Waals surface area contributed by atoms with Crippen molar-refractivity contribution in [2.24, 2.45) is 11.7 Å². The summed E-state index contributed by atoms with van der Waals surface area (Å²) in [5.74, 6) is 0.255. The van der Waals surface area contributed by atoms with Gasteiger partial charge in [0.1, 0.15) is 0 Å². The quantitative estimate of drug-likeness (QED) is 0.803. The fourth-order valence-corrected chi connectivity index (χ4v) is 1.38. The summed E-state index contributed by atoms with van der Waals surface area (Å²) >= 11 is 0. The van der Waals surface area contributed by atoms with Gasteiger partial charge in [-0.3, -0.25) is 4.79 Å². The molecule has 4 heteroatoms. The van der Waals surface area contributed by atoms with Gasteiger partial charge in [-0.2, -0.15) is 0 Å². The lowest BCUT2D eigenvalue weighted by Gasteiger charge is -2.14. The largest absolute Gasteiger partial charge is 0.378 e. The molecule has 4 nitrogen and oxygen atoms in total. The summed E-state index contributed by atoms with van der Waals surface area (Å²) in [5.41, 5.74) is 7.20. The predicted molar refractivity (Wildman–Crippen MR) is 71.3 cm³/mol. The van der Waals surface area contributed by atoms with Gasteiger partial charge in [-0.15, -0.1) is 0 Å². The highest BCUT2D eigenvalue weighted by Gasteiger charge is 2.08. The van der Waals surface area contributed by atoms with Crippen LogP contribution in [0.25, 0.3) is 0 Å². The molecule has 0 fully saturated rings. The van der Waals surface area contributed by atoms with Crippen LogP contribution in [0.5, 0.6) is 0 Å². The molecule has 0 aliphatic rings. The lowest BCUT2D eigenvalue weighted by Crippen LogP contribution is -2.31. The van der Waals surface area contributed by atoms with Gasteiger partial charge >= 0.3 is 0 Å². The summed E-state index contributed by atoms with van der Waals surface area (Å²) in [5, 5.41) is 2.88. The Morgan fingerprint density at radius 1 is 1.47 bits per heavy atom. The first kappa shape index (κ1) is 13.5. The first-order valence-corrected chi connectivity index (χ1v) is 5.80. The van der Waals surface area contributed by atoms with Gasteiger partial charge < -0.3 is 16.0 Å². The summed E-state index contributed by atoms with van der Waals surface area (Å²) < 4.78 is 0. The van der Waals surface area contributed by atoms with Gasteiger partial charge in [0.05, 0.1) is 0 Å². The molecule has 0 saturated heterocycles. The number of carbonyl (C=O) groups is 1. The maximum absolute atomic E-state index is 11.9. The Morgan fingerprint density at radius 2 is 2.18 bits per heavy atom. The van der Waals surface area contributed by atoms with Crippen molar-refractivity contribution in [1.82, 2.24) is 5.32 Å². The highest BCUT2D eigenvalue weighted by atomic mass is 16.1. The fourth-order valence-electron chi connectivity index (χ4n) is 1.38. The molecule has 1 unspecified atom stereocenters. The van der Waals surface area contributed by atoms with E-state index in [9.17, 15) is 4.79 Å². The Bertz CT molecular complexity index is 377. The molecule has 0 aliphatic carbocycles. The van der Waals surface area contributed by atoms with Gasteiger partial charge in [0.2, 0.25) is 0 Å². The molecule has 0 heterocycles. The number of benzene rings is 1. The van der Waals surface area contributed by atoms with Crippen LogP contribution in [0, 0.1) is 5.92 Å². The van der Waals surface area contributed by atoms with Gasteiger partial charge in [0, 0.05) is 31.9 Å². The minimum atomic E-state index is -0.0472. The van der Waals surface area contributed by atoms with E-state index < -0.39 is 0 Å². The second-order valence-electron chi connectivity index (χ2n) is 4.50. The van der Waals surface area contributed by atoms with Crippen LogP contribution in [-0.4, -0.2) is 33.1 Å². The van der Waals surface area contributed by atoms with Gasteiger partial charge in [-0.1, -0.05) is 13.0 Å². The maximum atomic E-state index is 11.9. The van der Waals surface area contributed by atoms with Crippen LogP contribution in [0.15, 0.2) is 24.3 Å². The van der Waals surface area contributed by atoms with Crippen molar-refractivity contribution < 1.29 is 4.79 Å². The molecule has 17 heavy (non-hydrogen) atoms. The van der Waals surface area contributed by atoms with Crippen molar-refractivity contribution in [3.63, 3.8) is 0 Å². The summed E-state index contributed by atoms with van der Waals surface area (Å²) in [4.78, 5) is 13.8. The topological polar surface area (TPSA) is 58.4 Å². The molecule has 1 aromatic rings. The molecule has 0 radical (unpaired) electrons. The van der Waals surface area contributed by atoms with Crippen LogP contribution in [0.3, 0.4) is 0 Å². The number of rotatable bonds is 5. The maximum Gasteiger partial charge on any atom is 0.251 e. The van der Waals surface area contributed by atoms with Gasteiger partial charge in [-0.25, -0.2) is 0 Å². The van der Waals surface area contributed by atoms with Crippen molar-refractivity contribution in [3.05, 3.63) is 29.8 Å². The van der Waals surface area contributed by atoms with Crippen LogP contribution in [0.4, 0.5) is 5.69 Å². The van der Waals surface area contributed by atoms with Crippen LogP contribution < -0.4 is 16.0 Å². The average molecular weight is 235 g/mol. The minimum absolute atomic E-state index is 0.0472. The van der Waals surface area contributed by atoms with Crippen LogP contribution in [-0.2, 0) is 0 Å². The third-order valence-electron chi connectivity index (χ3n) is 2.64. The van der Waals surface area contributed by atoms with E-state index in [1.54, 1.807) is 0 Å². The predicted octanol–water partition coefficient (Wildman–Crippen LogP) is 1.08. The molecule has 94 valence electrons. The molecule has 0 aliphatic heterocycles. The zero-order valence-electron chi connectivity index (χ0n) is 10.7. The first-order chi connectivity index (χ1) is 8.04. The molecular weight excluding hydrogens is 214 g/mol. The molecule has 0 saturated carbocycles. The lowest BCUT2D eigenvalue weighted by molar-refractivity contribution is 0.0948. The van der Waals surface area contributed by atoms with E-state index in [-0.39, 0.29) is 5.91 Å². The number of nitrogens with two attached hydrogens (primary N) is 1. The molecule has 0 aromatic heterocycles. The van der Waals surface area contributed by atoms with Crippen LogP contribution >= 0.6 is 0 Å². The van der Waals surface area contributed by atoms with Crippen molar-refractivity contribution >= 4 is 11.6 Å². The van der Waals surface area contributed by atoms with E-state index >= 15 is 0 Å². The van der Waals surface area contributed by atoms with Crippen molar-refractivity contribution in [3.8, 4) is 0 Å². The fraction of sp³-hybridized carbons (Fsp3) is 0.462. The normalized spacial score (nSPS) is 12.0. The van der Waals surface area contributed by atoms with E-state index in [0.717, 1.165) is 5.69 Å². The Hall–Kier alpha value is -1.55. The van der Waals surface area contributed by atoms with E-state index in [4.69, 9.17) is 5.73 Å². The van der Waals surface area contributed by atoms with E-state index in [1.165, 1.54) is 0 Å². The summed E-state index contributed by atoms with van der Waals surface area (Å²) in [7, 11) is 3.90. The van der Waals surface area contributed by atoms with E-state index in [0.29, 0.717) is 24.6 Å². The molecule has 1 rings (SSSR count). The third-order valence-corrected chi connectivity index (χ3v) is 2.64. The van der Waals surface area contributed by atoms with E-state index in [1.807, 2.05) is 50.2 Å². The number of hydrogen-bond acceptors (Lipinski definition) is 3. The van der Waals surface area contributed by atoms with Gasteiger partial charge in [0.25, 0.3) is 5.91 Å². The average Bonchev–Trinajstić information content (AvgIpc) is 2.35. The van der Waals surface area contributed by atoms with Crippen molar-refractivity contribution in [2.75, 3.05) is 32.1 Å². The third kappa shape index (κ3) is 4.07. The summed E-state index contributed by atoms with van der Waals surface area (Å²) in [6.07, 6.45) is 0. The molecule has 0 spiro atoms. The number of anilines is 1. The summed E-state index contributed by atoms with van der Waals surface area (Å²) in [6.45, 7) is 3.20. The zero-order chi connectivity index (χ0) is 12.8. The minimum Gasteiger partial charge on any atom is -0.378 e. The Morgan fingerprint density at radius 3 is 2.76 bits per heavy atom. The number of amides is 1. The molecule has 1 amide bonds. The monoisotopic (exact) mass is 235 g/mol. The molecule has 3 N–H and O–H groups in total. The smallest absolute Gasteiger partial charge is 0.251 e. The number of carbonyl (C=O) groups excluding carboxylic acids is 1. The molecule has 0 bridgehead atoms. The highest BCUT2D eigenvalue weighted by molar-refractivity contribution is 5.95. The van der Waals surface area contributed by atoms with Crippen molar-refractivity contribution in [1.29, 1.82) is 0 Å². The number of hydrogen-bond donors (Lipinski definition) is 2. The number of nitrogens with one attached hydrogen (secondary N) is 1. The second-order valence-corrected chi connectivity index (χ2v) is 4.50. The highest BCUT2D eigenvalue weighted by Crippen LogP contribution is 2.13. The van der Waals surface area contributed by atoms with Crippen LogP contribution in [0.2, 0.25) is 0 Å². The Balaban J connectivity index is 2.66. The standard InChI is InChI=1S/C13H21N3O/c1-10(8-14)9-15-13(17)11-5-4-6-12(7-11)16(2)3/h4-7,10H,8-9,14H2,1-3H3,(H,15,17). The van der Waals surface area contributed by atoms with E-state index in [2.05, 4.69) is 5.32 Å². The van der Waals surface area contributed by atoms with Crippen molar-refractivity contribution in [2.45, 2.75) is 6.92 Å². The SMILES string of the molecule is CC(CN)CNC(=O)c1cccc(N(C)C)c1. The molecule has 1 atom stereocenters. The Labute approximate surface area is 103 Å². The summed E-state index contributed by atoms with van der Waals surface area (Å²) in [6, 6.07) is 7.55. The second kappa shape index (κ2) is 6.25. The van der Waals surface area contributed by atoms with Gasteiger partial charge in [0.15, 0.2) is 0 Å². The first-order valence-electron chi connectivity index (χ1n) is 5.80. The molecular formula is C13H21N3O. The van der Waals surface area contributed by atoms with Crippen LogP contribution in [0.1, 0.15) is 17.3 Å². The lowest BCUT2D eigenvalue weighted by atomic mass is 10.1. The Kier molecular flexibility index (Phi) is 4.97. The molecule has 1 aromatic carbocycles. The number of nitrogens with zero attached hydrogens (tertiary/aromatic N) is 1. The van der Waals surface area contributed by atoms with Gasteiger partial charge in [-0.05, 0) is 30.7 Å².